The van der Waals surface area contributed by atoms with E-state index in [1.54, 1.807) is 17.7 Å². The molecule has 1 aromatic rings. The number of esters is 1. The van der Waals surface area contributed by atoms with Crippen LogP contribution in [-0.4, -0.2) is 28.3 Å². The molecule has 2 rings (SSSR count). The number of carbonyl (C=O) groups is 2. The van der Waals surface area contributed by atoms with E-state index in [9.17, 15) is 9.59 Å². The Morgan fingerprint density at radius 2 is 1.76 bits per heavy atom. The standard InChI is InChI=1S/C19H27NO3S2/c1-12(21)20-15-9-13-7-8-16(11-14(13)10-15)24-25-19(5,6)17(22)23-18(2,3)4/h7-8,11,15H,9-10H2,1-6H3,(H,20,21). The molecular weight excluding hydrogens is 354 g/mol. The maximum atomic E-state index is 12.3. The molecule has 6 heteroatoms. The lowest BCUT2D eigenvalue weighted by molar-refractivity contribution is -0.156. The van der Waals surface area contributed by atoms with Crippen molar-refractivity contribution in [3.63, 3.8) is 0 Å². The van der Waals surface area contributed by atoms with Crippen LogP contribution in [0.25, 0.3) is 0 Å². The van der Waals surface area contributed by atoms with Crippen LogP contribution in [0.4, 0.5) is 0 Å². The van der Waals surface area contributed by atoms with Gasteiger partial charge in [0.1, 0.15) is 10.3 Å². The first-order chi connectivity index (χ1) is 11.5. The fourth-order valence-corrected chi connectivity index (χ4v) is 4.78. The molecular formula is C19H27NO3S2. The summed E-state index contributed by atoms with van der Waals surface area (Å²) in [6.07, 6.45) is 1.75. The minimum absolute atomic E-state index is 0.0158. The Labute approximate surface area is 158 Å². The maximum absolute atomic E-state index is 12.3. The molecule has 0 saturated heterocycles. The molecule has 138 valence electrons. The van der Waals surface area contributed by atoms with Crippen molar-refractivity contribution in [2.75, 3.05) is 0 Å². The molecule has 1 unspecified atom stereocenters. The molecule has 0 saturated carbocycles. The van der Waals surface area contributed by atoms with Gasteiger partial charge in [0.05, 0.1) is 0 Å². The van der Waals surface area contributed by atoms with Crippen molar-refractivity contribution in [2.45, 2.75) is 75.7 Å². The zero-order chi connectivity index (χ0) is 18.8. The fourth-order valence-electron chi connectivity index (χ4n) is 2.62. The zero-order valence-corrected chi connectivity index (χ0v) is 17.4. The highest BCUT2D eigenvalue weighted by Crippen LogP contribution is 2.43. The van der Waals surface area contributed by atoms with E-state index in [4.69, 9.17) is 4.74 Å². The van der Waals surface area contributed by atoms with Crippen molar-refractivity contribution < 1.29 is 14.3 Å². The number of amides is 1. The number of nitrogens with one attached hydrogen (secondary N) is 1. The van der Waals surface area contributed by atoms with Crippen LogP contribution in [0, 0.1) is 0 Å². The van der Waals surface area contributed by atoms with Crippen LogP contribution >= 0.6 is 21.6 Å². The number of hydrogen-bond acceptors (Lipinski definition) is 5. The van der Waals surface area contributed by atoms with Gasteiger partial charge in [0.2, 0.25) is 5.91 Å². The van der Waals surface area contributed by atoms with Gasteiger partial charge in [-0.2, -0.15) is 0 Å². The summed E-state index contributed by atoms with van der Waals surface area (Å²) in [6.45, 7) is 11.0. The minimum atomic E-state index is -0.629. The lowest BCUT2D eigenvalue weighted by Crippen LogP contribution is -2.35. The van der Waals surface area contributed by atoms with Gasteiger partial charge in [0, 0.05) is 17.9 Å². The fraction of sp³-hybridized carbons (Fsp3) is 0.579. The average Bonchev–Trinajstić information content (AvgIpc) is 2.83. The molecule has 1 atom stereocenters. The van der Waals surface area contributed by atoms with Crippen molar-refractivity contribution in [3.8, 4) is 0 Å². The number of fused-ring (bicyclic) bond motifs is 1. The van der Waals surface area contributed by atoms with Crippen molar-refractivity contribution in [2.24, 2.45) is 0 Å². The Kier molecular flexibility index (Phi) is 6.15. The van der Waals surface area contributed by atoms with Crippen molar-refractivity contribution in [3.05, 3.63) is 29.3 Å². The molecule has 1 aliphatic carbocycles. The average molecular weight is 382 g/mol. The second-order valence-electron chi connectivity index (χ2n) is 7.92. The first kappa shape index (κ1) is 20.2. The molecule has 1 amide bonds. The van der Waals surface area contributed by atoms with Crippen LogP contribution < -0.4 is 5.32 Å². The molecule has 1 N–H and O–H groups in total. The molecule has 0 aliphatic heterocycles. The SMILES string of the molecule is CC(=O)NC1Cc2ccc(SSC(C)(C)C(=O)OC(C)(C)C)cc2C1. The monoisotopic (exact) mass is 381 g/mol. The Morgan fingerprint density at radius 3 is 2.36 bits per heavy atom. The van der Waals surface area contributed by atoms with Crippen LogP contribution in [0.3, 0.4) is 0 Å². The smallest absolute Gasteiger partial charge is 0.323 e. The Morgan fingerprint density at radius 1 is 1.12 bits per heavy atom. The highest BCUT2D eigenvalue weighted by Gasteiger charge is 2.34. The van der Waals surface area contributed by atoms with Gasteiger partial charge in [-0.1, -0.05) is 27.7 Å². The van der Waals surface area contributed by atoms with Crippen LogP contribution in [-0.2, 0) is 27.2 Å². The summed E-state index contributed by atoms with van der Waals surface area (Å²) in [5.41, 5.74) is 2.09. The van der Waals surface area contributed by atoms with E-state index < -0.39 is 10.3 Å². The molecule has 1 aliphatic rings. The summed E-state index contributed by atoms with van der Waals surface area (Å²) < 4.78 is 4.87. The topological polar surface area (TPSA) is 55.4 Å². The first-order valence-corrected chi connectivity index (χ1v) is 10.6. The Hall–Kier alpha value is -1.14. The van der Waals surface area contributed by atoms with E-state index in [1.807, 2.05) is 34.6 Å². The predicted molar refractivity (Wildman–Crippen MR) is 105 cm³/mol. The molecule has 25 heavy (non-hydrogen) atoms. The highest BCUT2D eigenvalue weighted by atomic mass is 33.1. The molecule has 0 bridgehead atoms. The third kappa shape index (κ3) is 5.96. The molecule has 0 spiro atoms. The predicted octanol–water partition coefficient (Wildman–Crippen LogP) is 4.15. The van der Waals surface area contributed by atoms with E-state index >= 15 is 0 Å². The van der Waals surface area contributed by atoms with E-state index in [0.29, 0.717) is 0 Å². The minimum Gasteiger partial charge on any atom is -0.459 e. The lowest BCUT2D eigenvalue weighted by Gasteiger charge is -2.27. The van der Waals surface area contributed by atoms with E-state index in [1.165, 1.54) is 21.9 Å². The molecule has 1 aromatic carbocycles. The van der Waals surface area contributed by atoms with Gasteiger partial charge in [-0.05, 0) is 70.7 Å². The van der Waals surface area contributed by atoms with E-state index in [2.05, 4.69) is 23.5 Å². The zero-order valence-electron chi connectivity index (χ0n) is 15.8. The number of benzene rings is 1. The molecule has 0 aromatic heterocycles. The van der Waals surface area contributed by atoms with Crippen LogP contribution in [0.15, 0.2) is 23.1 Å². The highest BCUT2D eigenvalue weighted by molar-refractivity contribution is 8.77. The van der Waals surface area contributed by atoms with Crippen LogP contribution in [0.2, 0.25) is 0 Å². The number of ether oxygens (including phenoxy) is 1. The largest absolute Gasteiger partial charge is 0.459 e. The maximum Gasteiger partial charge on any atom is 0.323 e. The first-order valence-electron chi connectivity index (χ1n) is 8.44. The third-order valence-electron chi connectivity index (χ3n) is 3.75. The van der Waals surface area contributed by atoms with Crippen molar-refractivity contribution in [1.82, 2.24) is 5.32 Å². The van der Waals surface area contributed by atoms with Gasteiger partial charge < -0.3 is 10.1 Å². The number of carbonyl (C=O) groups excluding carboxylic acids is 2. The summed E-state index contributed by atoms with van der Waals surface area (Å²) in [4.78, 5) is 24.7. The second-order valence-corrected chi connectivity index (χ2v) is 10.7. The van der Waals surface area contributed by atoms with Gasteiger partial charge in [0.15, 0.2) is 0 Å². The molecule has 4 nitrogen and oxygen atoms in total. The molecule has 0 fully saturated rings. The third-order valence-corrected chi connectivity index (χ3v) is 6.94. The van der Waals surface area contributed by atoms with Gasteiger partial charge in [-0.15, -0.1) is 0 Å². The normalized spacial score (nSPS) is 17.1. The van der Waals surface area contributed by atoms with Crippen molar-refractivity contribution >= 4 is 33.5 Å². The molecule has 0 radical (unpaired) electrons. The van der Waals surface area contributed by atoms with E-state index in [0.717, 1.165) is 17.7 Å². The summed E-state index contributed by atoms with van der Waals surface area (Å²) in [5.74, 6) is -0.188. The second kappa shape index (κ2) is 7.62. The Balaban J connectivity index is 1.97. The summed E-state index contributed by atoms with van der Waals surface area (Å²) in [5, 5.41) is 2.99. The summed E-state index contributed by atoms with van der Waals surface area (Å²) >= 11 is 0. The number of rotatable bonds is 5. The van der Waals surface area contributed by atoms with Gasteiger partial charge in [-0.25, -0.2) is 0 Å². The summed E-state index contributed by atoms with van der Waals surface area (Å²) in [6, 6.07) is 6.57. The Bertz CT molecular complexity index is 665. The van der Waals surface area contributed by atoms with Gasteiger partial charge in [0.25, 0.3) is 0 Å². The van der Waals surface area contributed by atoms with Gasteiger partial charge >= 0.3 is 5.97 Å². The van der Waals surface area contributed by atoms with Crippen LogP contribution in [0.5, 0.6) is 0 Å². The van der Waals surface area contributed by atoms with E-state index in [-0.39, 0.29) is 17.9 Å². The van der Waals surface area contributed by atoms with Gasteiger partial charge in [-0.3, -0.25) is 9.59 Å². The molecule has 0 heterocycles. The lowest BCUT2D eigenvalue weighted by atomic mass is 10.1. The summed E-state index contributed by atoms with van der Waals surface area (Å²) in [7, 11) is 3.10. The quantitative estimate of drug-likeness (QED) is 0.613. The van der Waals surface area contributed by atoms with Crippen molar-refractivity contribution in [1.29, 1.82) is 0 Å². The number of hydrogen-bond donors (Lipinski definition) is 1. The van der Waals surface area contributed by atoms with Crippen LogP contribution in [0.1, 0.15) is 52.7 Å².